The highest BCUT2D eigenvalue weighted by atomic mass is 14.9. The summed E-state index contributed by atoms with van der Waals surface area (Å²) in [5.41, 5.74) is 0. The van der Waals surface area contributed by atoms with Crippen LogP contribution < -0.4 is 5.32 Å². The van der Waals surface area contributed by atoms with Crippen molar-refractivity contribution in [2.45, 2.75) is 83.6 Å². The fraction of sp³-hybridized carbons (Fsp3) is 1.00. The van der Waals surface area contributed by atoms with Gasteiger partial charge in [0.2, 0.25) is 0 Å². The fourth-order valence-electron chi connectivity index (χ4n) is 3.02. The van der Waals surface area contributed by atoms with E-state index in [1.165, 1.54) is 70.6 Å². The van der Waals surface area contributed by atoms with Crippen LogP contribution in [0, 0.1) is 5.92 Å². The quantitative estimate of drug-likeness (QED) is 0.599. The summed E-state index contributed by atoms with van der Waals surface area (Å²) in [6.45, 7) is 2.29. The van der Waals surface area contributed by atoms with Gasteiger partial charge in [0.15, 0.2) is 0 Å². The zero-order valence-corrected chi connectivity index (χ0v) is 11.4. The molecule has 1 saturated carbocycles. The molecule has 0 radical (unpaired) electrons. The molecule has 0 aromatic carbocycles. The van der Waals surface area contributed by atoms with Crippen molar-refractivity contribution in [2.24, 2.45) is 5.92 Å². The average molecular weight is 225 g/mol. The van der Waals surface area contributed by atoms with Crippen LogP contribution in [-0.2, 0) is 0 Å². The number of nitrogens with one attached hydrogen (secondary N) is 1. The predicted octanol–water partition coefficient (Wildman–Crippen LogP) is 4.52. The molecule has 1 nitrogen and oxygen atoms in total. The summed E-state index contributed by atoms with van der Waals surface area (Å²) in [5.74, 6) is 1.03. The van der Waals surface area contributed by atoms with Crippen LogP contribution in [0.2, 0.25) is 0 Å². The summed E-state index contributed by atoms with van der Waals surface area (Å²) in [5, 5.41) is 3.53. The number of hydrogen-bond acceptors (Lipinski definition) is 1. The van der Waals surface area contributed by atoms with Gasteiger partial charge in [-0.2, -0.15) is 0 Å². The van der Waals surface area contributed by atoms with Crippen LogP contribution in [0.25, 0.3) is 0 Å². The fourth-order valence-corrected chi connectivity index (χ4v) is 3.02. The SMILES string of the molecule is CCCCCCC(CC1CCCCC1)NC. The third kappa shape index (κ3) is 5.89. The van der Waals surface area contributed by atoms with Gasteiger partial charge in [-0.3, -0.25) is 0 Å². The topological polar surface area (TPSA) is 12.0 Å². The largest absolute Gasteiger partial charge is 0.317 e. The Kier molecular flexibility index (Phi) is 7.92. The monoisotopic (exact) mass is 225 g/mol. The van der Waals surface area contributed by atoms with Crippen molar-refractivity contribution in [1.82, 2.24) is 5.32 Å². The third-order valence-corrected chi connectivity index (χ3v) is 4.16. The van der Waals surface area contributed by atoms with E-state index in [-0.39, 0.29) is 0 Å². The van der Waals surface area contributed by atoms with Crippen LogP contribution in [0.1, 0.15) is 77.6 Å². The van der Waals surface area contributed by atoms with Gasteiger partial charge in [0.1, 0.15) is 0 Å². The van der Waals surface area contributed by atoms with Gasteiger partial charge in [0.05, 0.1) is 0 Å². The first-order chi connectivity index (χ1) is 7.86. The van der Waals surface area contributed by atoms with Crippen molar-refractivity contribution in [3.8, 4) is 0 Å². The third-order valence-electron chi connectivity index (χ3n) is 4.16. The average Bonchev–Trinajstić information content (AvgIpc) is 2.34. The van der Waals surface area contributed by atoms with Crippen LogP contribution in [0.3, 0.4) is 0 Å². The summed E-state index contributed by atoms with van der Waals surface area (Å²) < 4.78 is 0. The van der Waals surface area contributed by atoms with Crippen molar-refractivity contribution >= 4 is 0 Å². The van der Waals surface area contributed by atoms with E-state index in [1.54, 1.807) is 0 Å². The molecular formula is C15H31N. The summed E-state index contributed by atoms with van der Waals surface area (Å²) >= 11 is 0. The molecule has 0 spiro atoms. The Morgan fingerprint density at radius 3 is 2.44 bits per heavy atom. The van der Waals surface area contributed by atoms with Crippen molar-refractivity contribution < 1.29 is 0 Å². The van der Waals surface area contributed by atoms with Crippen LogP contribution >= 0.6 is 0 Å². The molecule has 1 rings (SSSR count). The molecule has 1 aliphatic carbocycles. The molecule has 1 fully saturated rings. The van der Waals surface area contributed by atoms with E-state index in [0.29, 0.717) is 0 Å². The van der Waals surface area contributed by atoms with Crippen LogP contribution in [0.4, 0.5) is 0 Å². The second kappa shape index (κ2) is 9.04. The predicted molar refractivity (Wildman–Crippen MR) is 72.8 cm³/mol. The van der Waals surface area contributed by atoms with E-state index in [2.05, 4.69) is 19.3 Å². The van der Waals surface area contributed by atoms with Crippen molar-refractivity contribution in [2.75, 3.05) is 7.05 Å². The Morgan fingerprint density at radius 1 is 1.06 bits per heavy atom. The van der Waals surface area contributed by atoms with Crippen LogP contribution in [0.15, 0.2) is 0 Å². The molecule has 0 saturated heterocycles. The van der Waals surface area contributed by atoms with E-state index in [1.807, 2.05) is 0 Å². The highest BCUT2D eigenvalue weighted by Gasteiger charge is 2.17. The number of rotatable bonds is 8. The van der Waals surface area contributed by atoms with Gasteiger partial charge in [-0.25, -0.2) is 0 Å². The van der Waals surface area contributed by atoms with Crippen molar-refractivity contribution in [3.05, 3.63) is 0 Å². The molecule has 0 aliphatic heterocycles. The van der Waals surface area contributed by atoms with Gasteiger partial charge in [0.25, 0.3) is 0 Å². The Bertz CT molecular complexity index is 150. The normalized spacial score (nSPS) is 19.9. The Hall–Kier alpha value is -0.0400. The first kappa shape index (κ1) is 14.0. The summed E-state index contributed by atoms with van der Waals surface area (Å²) in [4.78, 5) is 0. The second-order valence-corrected chi connectivity index (χ2v) is 5.57. The van der Waals surface area contributed by atoms with Crippen LogP contribution in [-0.4, -0.2) is 13.1 Å². The summed E-state index contributed by atoms with van der Waals surface area (Å²) in [6.07, 6.45) is 15.9. The van der Waals surface area contributed by atoms with Crippen molar-refractivity contribution in [1.29, 1.82) is 0 Å². The summed E-state index contributed by atoms with van der Waals surface area (Å²) in [6, 6.07) is 0.792. The number of unbranched alkanes of at least 4 members (excludes halogenated alkanes) is 3. The van der Waals surface area contributed by atoms with Gasteiger partial charge in [0, 0.05) is 6.04 Å². The highest BCUT2D eigenvalue weighted by molar-refractivity contribution is 4.73. The number of hydrogen-bond donors (Lipinski definition) is 1. The molecule has 1 aliphatic rings. The van der Waals surface area contributed by atoms with E-state index in [0.717, 1.165) is 12.0 Å². The molecule has 0 bridgehead atoms. The van der Waals surface area contributed by atoms with Gasteiger partial charge in [-0.1, -0.05) is 64.7 Å². The zero-order chi connectivity index (χ0) is 11.6. The maximum absolute atomic E-state index is 3.53. The maximum Gasteiger partial charge on any atom is 0.00667 e. The summed E-state index contributed by atoms with van der Waals surface area (Å²) in [7, 11) is 2.15. The molecule has 16 heavy (non-hydrogen) atoms. The lowest BCUT2D eigenvalue weighted by Gasteiger charge is -2.26. The molecule has 0 aromatic rings. The lowest BCUT2D eigenvalue weighted by atomic mass is 9.84. The molecule has 1 unspecified atom stereocenters. The Labute approximate surface area is 102 Å². The molecule has 0 aromatic heterocycles. The maximum atomic E-state index is 3.53. The highest BCUT2D eigenvalue weighted by Crippen LogP contribution is 2.28. The van der Waals surface area contributed by atoms with Gasteiger partial charge in [-0.15, -0.1) is 0 Å². The van der Waals surface area contributed by atoms with E-state index < -0.39 is 0 Å². The molecular weight excluding hydrogens is 194 g/mol. The second-order valence-electron chi connectivity index (χ2n) is 5.57. The molecule has 1 heteroatoms. The molecule has 0 amide bonds. The Balaban J connectivity index is 2.09. The first-order valence-corrected chi connectivity index (χ1v) is 7.54. The van der Waals surface area contributed by atoms with E-state index in [9.17, 15) is 0 Å². The minimum atomic E-state index is 0.792. The lowest BCUT2D eigenvalue weighted by Crippen LogP contribution is -2.28. The Morgan fingerprint density at radius 2 is 1.81 bits per heavy atom. The smallest absolute Gasteiger partial charge is 0.00667 e. The lowest BCUT2D eigenvalue weighted by molar-refractivity contribution is 0.294. The van der Waals surface area contributed by atoms with Gasteiger partial charge >= 0.3 is 0 Å². The van der Waals surface area contributed by atoms with Gasteiger partial charge in [-0.05, 0) is 25.8 Å². The molecule has 96 valence electrons. The minimum Gasteiger partial charge on any atom is -0.317 e. The minimum absolute atomic E-state index is 0.792. The van der Waals surface area contributed by atoms with Crippen molar-refractivity contribution in [3.63, 3.8) is 0 Å². The molecule has 1 atom stereocenters. The standard InChI is InChI=1S/C15H31N/c1-3-4-5-9-12-15(16-2)13-14-10-7-6-8-11-14/h14-16H,3-13H2,1-2H3. The van der Waals surface area contributed by atoms with Gasteiger partial charge < -0.3 is 5.32 Å². The first-order valence-electron chi connectivity index (χ1n) is 7.54. The van der Waals surface area contributed by atoms with E-state index in [4.69, 9.17) is 0 Å². The van der Waals surface area contributed by atoms with Crippen LogP contribution in [0.5, 0.6) is 0 Å². The zero-order valence-electron chi connectivity index (χ0n) is 11.4. The van der Waals surface area contributed by atoms with E-state index >= 15 is 0 Å². The molecule has 0 heterocycles. The molecule has 1 N–H and O–H groups in total.